The van der Waals surface area contributed by atoms with E-state index < -0.39 is 6.10 Å². The first-order valence-corrected chi connectivity index (χ1v) is 9.10. The van der Waals surface area contributed by atoms with Crippen molar-refractivity contribution >= 4 is 17.5 Å². The molecule has 1 aliphatic carbocycles. The van der Waals surface area contributed by atoms with Crippen molar-refractivity contribution in [3.05, 3.63) is 28.8 Å². The summed E-state index contributed by atoms with van der Waals surface area (Å²) >= 11 is 6.02. The molecule has 1 N–H and O–H groups in total. The molecule has 2 rings (SSSR count). The van der Waals surface area contributed by atoms with Crippen molar-refractivity contribution in [2.45, 2.75) is 57.6 Å². The van der Waals surface area contributed by atoms with Gasteiger partial charge in [0.15, 0.2) is 6.10 Å². The average Bonchev–Trinajstić information content (AvgIpc) is 2.56. The molecule has 0 spiro atoms. The highest BCUT2D eigenvalue weighted by Gasteiger charge is 2.34. The van der Waals surface area contributed by atoms with Crippen LogP contribution in [0.15, 0.2) is 18.2 Å². The van der Waals surface area contributed by atoms with E-state index in [9.17, 15) is 4.79 Å². The molecule has 24 heavy (non-hydrogen) atoms. The number of amides is 1. The van der Waals surface area contributed by atoms with Gasteiger partial charge in [0.2, 0.25) is 0 Å². The lowest BCUT2D eigenvalue weighted by atomic mass is 9.80. The highest BCUT2D eigenvalue weighted by atomic mass is 35.5. The van der Waals surface area contributed by atoms with Gasteiger partial charge in [0.1, 0.15) is 5.75 Å². The van der Waals surface area contributed by atoms with Crippen LogP contribution in [0.3, 0.4) is 0 Å². The second-order valence-corrected chi connectivity index (χ2v) is 7.48. The molecule has 0 unspecified atom stereocenters. The Morgan fingerprint density at radius 1 is 1.33 bits per heavy atom. The van der Waals surface area contributed by atoms with Crippen molar-refractivity contribution in [1.82, 2.24) is 10.2 Å². The standard InChI is InChI=1S/C19H29ClN2O2/c1-14-12-16(8-9-17(14)20)24-15(2)18(23)21-13-19(22(3)4)10-6-5-7-11-19/h8-9,12,15H,5-7,10-11,13H2,1-4H3,(H,21,23)/t15-/m1/s1. The number of likely N-dealkylation sites (N-methyl/N-ethyl adjacent to an activating group) is 1. The Morgan fingerprint density at radius 2 is 2.00 bits per heavy atom. The predicted octanol–water partition coefficient (Wildman–Crippen LogP) is 3.80. The molecule has 1 aromatic rings. The number of nitrogens with one attached hydrogen (secondary N) is 1. The molecule has 0 heterocycles. The molecule has 1 saturated carbocycles. The van der Waals surface area contributed by atoms with Gasteiger partial charge < -0.3 is 15.0 Å². The van der Waals surface area contributed by atoms with Crippen molar-refractivity contribution in [2.24, 2.45) is 0 Å². The van der Waals surface area contributed by atoms with Crippen LogP contribution in [0.5, 0.6) is 5.75 Å². The maximum atomic E-state index is 12.4. The minimum Gasteiger partial charge on any atom is -0.481 e. The fourth-order valence-corrected chi connectivity index (χ4v) is 3.45. The molecule has 0 bridgehead atoms. The maximum Gasteiger partial charge on any atom is 0.260 e. The van der Waals surface area contributed by atoms with E-state index in [1.165, 1.54) is 19.3 Å². The number of nitrogens with zero attached hydrogens (tertiary/aromatic N) is 1. The summed E-state index contributed by atoms with van der Waals surface area (Å²) in [5, 5.41) is 3.79. The third kappa shape index (κ3) is 4.64. The number of carbonyl (C=O) groups excluding carboxylic acids is 1. The second kappa shape index (κ2) is 8.21. The van der Waals surface area contributed by atoms with E-state index in [-0.39, 0.29) is 11.4 Å². The van der Waals surface area contributed by atoms with E-state index in [1.54, 1.807) is 19.1 Å². The molecule has 1 atom stereocenters. The van der Waals surface area contributed by atoms with Gasteiger partial charge in [-0.1, -0.05) is 30.9 Å². The Morgan fingerprint density at radius 3 is 2.58 bits per heavy atom. The quantitative estimate of drug-likeness (QED) is 0.846. The highest BCUT2D eigenvalue weighted by molar-refractivity contribution is 6.31. The molecule has 5 heteroatoms. The minimum absolute atomic E-state index is 0.0739. The van der Waals surface area contributed by atoms with Gasteiger partial charge in [-0.2, -0.15) is 0 Å². The first-order chi connectivity index (χ1) is 11.3. The molecule has 4 nitrogen and oxygen atoms in total. The first kappa shape index (κ1) is 19.1. The number of aryl methyl sites for hydroxylation is 1. The summed E-state index contributed by atoms with van der Waals surface area (Å²) in [7, 11) is 4.21. The van der Waals surface area contributed by atoms with Crippen LogP contribution in [-0.2, 0) is 4.79 Å². The largest absolute Gasteiger partial charge is 0.481 e. The predicted molar refractivity (Wildman–Crippen MR) is 98.8 cm³/mol. The van der Waals surface area contributed by atoms with Crippen molar-refractivity contribution < 1.29 is 9.53 Å². The summed E-state index contributed by atoms with van der Waals surface area (Å²) in [5.41, 5.74) is 1.01. The zero-order chi connectivity index (χ0) is 17.7. The van der Waals surface area contributed by atoms with Gasteiger partial charge in [-0.25, -0.2) is 0 Å². The number of ether oxygens (including phenoxy) is 1. The van der Waals surface area contributed by atoms with Crippen molar-refractivity contribution in [3.63, 3.8) is 0 Å². The average molecular weight is 353 g/mol. The van der Waals surface area contributed by atoms with Gasteiger partial charge in [-0.15, -0.1) is 0 Å². The molecule has 0 saturated heterocycles. The summed E-state index contributed by atoms with van der Waals surface area (Å²) in [5.74, 6) is 0.592. The van der Waals surface area contributed by atoms with E-state index in [2.05, 4.69) is 24.3 Å². The fraction of sp³-hybridized carbons (Fsp3) is 0.632. The van der Waals surface area contributed by atoms with Gasteiger partial charge in [0.05, 0.1) is 0 Å². The van der Waals surface area contributed by atoms with Crippen LogP contribution < -0.4 is 10.1 Å². The SMILES string of the molecule is Cc1cc(O[C@H](C)C(=O)NCC2(N(C)C)CCCCC2)ccc1Cl. The molecule has 1 aromatic carbocycles. The van der Waals surface area contributed by atoms with Gasteiger partial charge >= 0.3 is 0 Å². The minimum atomic E-state index is -0.534. The zero-order valence-corrected chi connectivity index (χ0v) is 15.9. The molecule has 0 aromatic heterocycles. The molecule has 134 valence electrons. The summed E-state index contributed by atoms with van der Waals surface area (Å²) in [6.07, 6.45) is 5.47. The van der Waals surface area contributed by atoms with Gasteiger partial charge in [-0.3, -0.25) is 4.79 Å². The van der Waals surface area contributed by atoms with Crippen LogP contribution in [0.4, 0.5) is 0 Å². The number of hydrogen-bond donors (Lipinski definition) is 1. The summed E-state index contributed by atoms with van der Waals surface area (Å²) in [4.78, 5) is 14.7. The smallest absolute Gasteiger partial charge is 0.260 e. The normalized spacial score (nSPS) is 18.2. The van der Waals surface area contributed by atoms with E-state index in [0.717, 1.165) is 18.4 Å². The lowest BCUT2D eigenvalue weighted by Gasteiger charge is -2.43. The summed E-state index contributed by atoms with van der Waals surface area (Å²) < 4.78 is 5.76. The molecular weight excluding hydrogens is 324 g/mol. The number of carbonyl (C=O) groups is 1. The Balaban J connectivity index is 1.92. The molecule has 1 amide bonds. The lowest BCUT2D eigenvalue weighted by molar-refractivity contribution is -0.128. The van der Waals surface area contributed by atoms with Gasteiger partial charge in [0, 0.05) is 17.1 Å². The highest BCUT2D eigenvalue weighted by Crippen LogP contribution is 2.31. The maximum absolute atomic E-state index is 12.4. The molecule has 1 aliphatic rings. The van der Waals surface area contributed by atoms with Crippen LogP contribution >= 0.6 is 11.6 Å². The van der Waals surface area contributed by atoms with E-state index in [1.807, 2.05) is 13.0 Å². The van der Waals surface area contributed by atoms with Crippen molar-refractivity contribution in [2.75, 3.05) is 20.6 Å². The number of rotatable bonds is 6. The molecule has 1 fully saturated rings. The Kier molecular flexibility index (Phi) is 6.53. The molecular formula is C19H29ClN2O2. The summed E-state index contributed by atoms with van der Waals surface area (Å²) in [6, 6.07) is 5.44. The monoisotopic (exact) mass is 352 g/mol. The number of benzene rings is 1. The molecule has 0 aliphatic heterocycles. The fourth-order valence-electron chi connectivity index (χ4n) is 3.34. The van der Waals surface area contributed by atoms with Crippen molar-refractivity contribution in [1.29, 1.82) is 0 Å². The summed E-state index contributed by atoms with van der Waals surface area (Å²) in [6.45, 7) is 4.37. The van der Waals surface area contributed by atoms with E-state index >= 15 is 0 Å². The molecule has 0 radical (unpaired) electrons. The zero-order valence-electron chi connectivity index (χ0n) is 15.2. The number of halogens is 1. The Hall–Kier alpha value is -1.26. The van der Waals surface area contributed by atoms with Crippen LogP contribution in [0.2, 0.25) is 5.02 Å². The Bertz CT molecular complexity index is 568. The first-order valence-electron chi connectivity index (χ1n) is 8.72. The van der Waals surface area contributed by atoms with Gasteiger partial charge in [-0.05, 0) is 64.5 Å². The van der Waals surface area contributed by atoms with E-state index in [0.29, 0.717) is 17.3 Å². The van der Waals surface area contributed by atoms with E-state index in [4.69, 9.17) is 16.3 Å². The Labute approximate surface area is 150 Å². The number of hydrogen-bond acceptors (Lipinski definition) is 3. The van der Waals surface area contributed by atoms with Crippen LogP contribution in [0.1, 0.15) is 44.6 Å². The topological polar surface area (TPSA) is 41.6 Å². The third-order valence-corrected chi connectivity index (χ3v) is 5.56. The van der Waals surface area contributed by atoms with Crippen molar-refractivity contribution in [3.8, 4) is 5.75 Å². The lowest BCUT2D eigenvalue weighted by Crippen LogP contribution is -2.55. The van der Waals surface area contributed by atoms with Crippen LogP contribution in [0, 0.1) is 6.92 Å². The van der Waals surface area contributed by atoms with Crippen LogP contribution in [-0.4, -0.2) is 43.1 Å². The van der Waals surface area contributed by atoms with Gasteiger partial charge in [0.25, 0.3) is 5.91 Å². The second-order valence-electron chi connectivity index (χ2n) is 7.07. The third-order valence-electron chi connectivity index (χ3n) is 5.14. The van der Waals surface area contributed by atoms with Crippen LogP contribution in [0.25, 0.3) is 0 Å².